The summed E-state index contributed by atoms with van der Waals surface area (Å²) >= 11 is -1.78. The van der Waals surface area contributed by atoms with E-state index in [0.717, 1.165) is 0 Å². The molecule has 0 N–H and O–H groups in total. The summed E-state index contributed by atoms with van der Waals surface area (Å²) in [6, 6.07) is 0. The summed E-state index contributed by atoms with van der Waals surface area (Å²) in [5.41, 5.74) is 0. The summed E-state index contributed by atoms with van der Waals surface area (Å²) in [6.45, 7) is 0. The van der Waals surface area contributed by atoms with Gasteiger partial charge in [0.2, 0.25) is 5.83 Å². The molecule has 0 bridgehead atoms. The normalized spacial score (nSPS) is 11.4. The molecule has 0 rings (SSSR count). The molecule has 0 unspecified atom stereocenters. The Kier molecular flexibility index (Phi) is 3.07. The highest BCUT2D eigenvalue weighted by molar-refractivity contribution is 7.95. The van der Waals surface area contributed by atoms with Crippen LogP contribution in [0.4, 0.5) is 25.8 Å². The van der Waals surface area contributed by atoms with Crippen molar-refractivity contribution in [3.8, 4) is 0 Å². The molecule has 0 aliphatic carbocycles. The Balaban J connectivity index is 4.49. The molecule has 0 radical (unpaired) electrons. The summed E-state index contributed by atoms with van der Waals surface area (Å²) in [5, 5.41) is -4.77. The summed E-state index contributed by atoms with van der Waals surface area (Å²) < 4.78 is 67.2. The zero-order valence-electron chi connectivity index (χ0n) is 4.18. The lowest BCUT2D eigenvalue weighted by Gasteiger charge is -2.04. The summed E-state index contributed by atoms with van der Waals surface area (Å²) in [4.78, 5) is 0. The molecule has 0 saturated carbocycles. The molecular formula is C3F6S. The second-order valence-corrected chi connectivity index (χ2v) is 1.84. The number of alkyl halides is 2. The highest BCUT2D eigenvalue weighted by Gasteiger charge is 2.41. The quantitative estimate of drug-likeness (QED) is 0.590. The molecule has 0 aromatic rings. The molecule has 7 heteroatoms. The van der Waals surface area contributed by atoms with Crippen molar-refractivity contribution in [2.24, 2.45) is 0 Å². The minimum atomic E-state index is -4.77. The van der Waals surface area contributed by atoms with E-state index in [1.54, 1.807) is 0 Å². The van der Waals surface area contributed by atoms with Gasteiger partial charge in [-0.05, 0) is 0 Å². The molecule has 0 spiro atoms. The van der Waals surface area contributed by atoms with Gasteiger partial charge in [-0.3, -0.25) is 0 Å². The largest absolute Gasteiger partial charge is 0.379 e. The molecular weight excluding hydrogens is 182 g/mol. The van der Waals surface area contributed by atoms with Gasteiger partial charge >= 0.3 is 11.3 Å². The predicted molar refractivity (Wildman–Crippen MR) is 24.0 cm³/mol. The fraction of sp³-hybridized carbons (Fsp3) is 0.333. The van der Waals surface area contributed by atoms with Gasteiger partial charge in [-0.1, -0.05) is 0 Å². The molecule has 0 aliphatic heterocycles. The minimum absolute atomic E-state index is 1.78. The third-order valence-electron chi connectivity index (χ3n) is 0.518. The van der Waals surface area contributed by atoms with E-state index in [9.17, 15) is 25.8 Å². The van der Waals surface area contributed by atoms with E-state index in [4.69, 9.17) is 0 Å². The number of rotatable bonds is 2. The summed E-state index contributed by atoms with van der Waals surface area (Å²) in [7, 11) is 0. The van der Waals surface area contributed by atoms with Crippen molar-refractivity contribution in [2.75, 3.05) is 0 Å². The van der Waals surface area contributed by atoms with Crippen molar-refractivity contribution in [1.82, 2.24) is 0 Å². The van der Waals surface area contributed by atoms with E-state index in [1.807, 2.05) is 0 Å². The SMILES string of the molecule is FSC(F)(F)C(F)=C(F)F. The van der Waals surface area contributed by atoms with E-state index in [2.05, 4.69) is 0 Å². The Morgan fingerprint density at radius 3 is 1.60 bits per heavy atom. The predicted octanol–water partition coefficient (Wildman–Crippen LogP) is 3.27. The molecule has 0 nitrogen and oxygen atoms in total. The monoisotopic (exact) mass is 182 g/mol. The molecule has 0 fully saturated rings. The first-order valence-corrected chi connectivity index (χ1v) is 2.52. The molecule has 0 aromatic heterocycles. The molecule has 0 aliphatic rings. The van der Waals surface area contributed by atoms with Gasteiger partial charge in [0.15, 0.2) is 0 Å². The highest BCUT2D eigenvalue weighted by Crippen LogP contribution is 2.39. The van der Waals surface area contributed by atoms with Crippen LogP contribution in [0.5, 0.6) is 0 Å². The topological polar surface area (TPSA) is 0 Å². The van der Waals surface area contributed by atoms with Crippen LogP contribution in [0.2, 0.25) is 0 Å². The smallest absolute Gasteiger partial charge is 0.198 e. The molecule has 0 saturated heterocycles. The van der Waals surface area contributed by atoms with Crippen LogP contribution in [0.15, 0.2) is 11.9 Å². The summed E-state index contributed by atoms with van der Waals surface area (Å²) in [5.74, 6) is -3.04. The lowest BCUT2D eigenvalue weighted by Crippen LogP contribution is -2.09. The van der Waals surface area contributed by atoms with Crippen LogP contribution in [-0.2, 0) is 0 Å². The van der Waals surface area contributed by atoms with Gasteiger partial charge < -0.3 is 0 Å². The van der Waals surface area contributed by atoms with Crippen LogP contribution in [-0.4, -0.2) is 5.25 Å². The van der Waals surface area contributed by atoms with Gasteiger partial charge in [-0.15, -0.1) is 0 Å². The van der Waals surface area contributed by atoms with Gasteiger partial charge in [0, 0.05) is 0 Å². The number of hydrogen-bond acceptors (Lipinski definition) is 1. The van der Waals surface area contributed by atoms with Gasteiger partial charge in [0.1, 0.15) is 12.1 Å². The van der Waals surface area contributed by atoms with Gasteiger partial charge in [0.25, 0.3) is 0 Å². The van der Waals surface area contributed by atoms with Crippen molar-refractivity contribution in [2.45, 2.75) is 5.25 Å². The maximum Gasteiger partial charge on any atom is 0.379 e. The van der Waals surface area contributed by atoms with E-state index < -0.39 is 29.3 Å². The lowest BCUT2D eigenvalue weighted by molar-refractivity contribution is 0.104. The second kappa shape index (κ2) is 3.18. The number of hydrogen-bond donors (Lipinski definition) is 0. The zero-order valence-corrected chi connectivity index (χ0v) is 4.99. The van der Waals surface area contributed by atoms with Crippen molar-refractivity contribution >= 4 is 12.1 Å². The molecule has 0 aromatic carbocycles. The maximum absolute atomic E-state index is 11.5. The van der Waals surface area contributed by atoms with Crippen LogP contribution in [0.25, 0.3) is 0 Å². The van der Waals surface area contributed by atoms with Crippen LogP contribution in [0.1, 0.15) is 0 Å². The van der Waals surface area contributed by atoms with Crippen molar-refractivity contribution < 1.29 is 25.8 Å². The average molecular weight is 182 g/mol. The fourth-order valence-corrected chi connectivity index (χ4v) is 0.289. The van der Waals surface area contributed by atoms with Crippen molar-refractivity contribution in [1.29, 1.82) is 0 Å². The Bertz CT molecular complexity index is 147. The van der Waals surface area contributed by atoms with E-state index >= 15 is 0 Å². The third-order valence-corrected chi connectivity index (χ3v) is 0.891. The van der Waals surface area contributed by atoms with Crippen molar-refractivity contribution in [3.05, 3.63) is 11.9 Å². The van der Waals surface area contributed by atoms with Gasteiger partial charge in [0.05, 0.1) is 0 Å². The molecule has 0 heterocycles. The molecule has 0 amide bonds. The standard InChI is InChI=1S/C3F6S/c4-1(2(5)6)3(7,8)10-9. The first-order valence-electron chi connectivity index (χ1n) is 1.80. The Morgan fingerprint density at radius 1 is 1.10 bits per heavy atom. The van der Waals surface area contributed by atoms with Crippen LogP contribution in [0.3, 0.4) is 0 Å². The van der Waals surface area contributed by atoms with Gasteiger partial charge in [-0.25, -0.2) is 0 Å². The Hall–Kier alpha value is -0.330. The van der Waals surface area contributed by atoms with Crippen molar-refractivity contribution in [3.63, 3.8) is 0 Å². The van der Waals surface area contributed by atoms with Crippen LogP contribution < -0.4 is 0 Å². The van der Waals surface area contributed by atoms with E-state index in [-0.39, 0.29) is 0 Å². The maximum atomic E-state index is 11.5. The zero-order chi connectivity index (χ0) is 8.36. The molecule has 60 valence electrons. The Morgan fingerprint density at radius 2 is 1.50 bits per heavy atom. The third kappa shape index (κ3) is 2.13. The highest BCUT2D eigenvalue weighted by atomic mass is 32.2. The first kappa shape index (κ1) is 9.67. The van der Waals surface area contributed by atoms with Crippen LogP contribution in [0, 0.1) is 0 Å². The second-order valence-electron chi connectivity index (χ2n) is 1.17. The van der Waals surface area contributed by atoms with E-state index in [0.29, 0.717) is 0 Å². The Labute approximate surface area is 56.2 Å². The summed E-state index contributed by atoms with van der Waals surface area (Å²) in [6.07, 6.45) is -3.21. The lowest BCUT2D eigenvalue weighted by atomic mass is 10.6. The number of halogens is 6. The van der Waals surface area contributed by atoms with E-state index in [1.165, 1.54) is 0 Å². The van der Waals surface area contributed by atoms with Gasteiger partial charge in [-0.2, -0.15) is 25.8 Å². The molecule has 0 atom stereocenters. The first-order chi connectivity index (χ1) is 4.41. The fourth-order valence-electron chi connectivity index (χ4n) is 0.144. The molecule has 10 heavy (non-hydrogen) atoms. The minimum Gasteiger partial charge on any atom is -0.198 e. The average Bonchev–Trinajstić information content (AvgIpc) is 1.86. The van der Waals surface area contributed by atoms with Crippen LogP contribution >= 0.6 is 12.1 Å².